The van der Waals surface area contributed by atoms with Crippen LogP contribution in [0.25, 0.3) is 0 Å². The fourth-order valence-corrected chi connectivity index (χ4v) is 2.69. The van der Waals surface area contributed by atoms with Gasteiger partial charge in [-0.3, -0.25) is 4.79 Å². The molecule has 1 aromatic rings. The van der Waals surface area contributed by atoms with Crippen LogP contribution in [0.4, 0.5) is 0 Å². The molecule has 5 heteroatoms. The molecule has 19 heavy (non-hydrogen) atoms. The van der Waals surface area contributed by atoms with Crippen LogP contribution in [0.2, 0.25) is 5.02 Å². The SMILES string of the molecule is COc1ccc(CNC(=O)C2(N)CCCC2)cc1Cl. The molecule has 1 fully saturated rings. The van der Waals surface area contributed by atoms with Gasteiger partial charge in [-0.2, -0.15) is 0 Å². The molecule has 1 amide bonds. The molecule has 0 heterocycles. The van der Waals surface area contributed by atoms with Crippen LogP contribution in [-0.4, -0.2) is 18.6 Å². The molecule has 0 spiro atoms. The van der Waals surface area contributed by atoms with Gasteiger partial charge >= 0.3 is 0 Å². The Labute approximate surface area is 118 Å². The zero-order valence-electron chi connectivity index (χ0n) is 11.0. The first-order valence-electron chi connectivity index (χ1n) is 6.45. The highest BCUT2D eigenvalue weighted by Crippen LogP contribution is 2.28. The zero-order valence-corrected chi connectivity index (χ0v) is 11.8. The molecule has 0 aliphatic heterocycles. The van der Waals surface area contributed by atoms with Crippen LogP contribution >= 0.6 is 11.6 Å². The van der Waals surface area contributed by atoms with E-state index in [2.05, 4.69) is 5.32 Å². The molecule has 0 bridgehead atoms. The molecule has 104 valence electrons. The van der Waals surface area contributed by atoms with E-state index in [1.165, 1.54) is 0 Å². The molecule has 1 aromatic carbocycles. The van der Waals surface area contributed by atoms with Crippen molar-refractivity contribution in [3.8, 4) is 5.75 Å². The van der Waals surface area contributed by atoms with E-state index in [-0.39, 0.29) is 5.91 Å². The van der Waals surface area contributed by atoms with Crippen molar-refractivity contribution >= 4 is 17.5 Å². The molecule has 2 rings (SSSR count). The number of nitrogens with two attached hydrogens (primary N) is 1. The lowest BCUT2D eigenvalue weighted by Gasteiger charge is -2.22. The van der Waals surface area contributed by atoms with E-state index in [0.717, 1.165) is 31.2 Å². The third kappa shape index (κ3) is 3.19. The van der Waals surface area contributed by atoms with Crippen LogP contribution in [0.1, 0.15) is 31.2 Å². The second-order valence-corrected chi connectivity index (χ2v) is 5.42. The van der Waals surface area contributed by atoms with Crippen LogP contribution < -0.4 is 15.8 Å². The topological polar surface area (TPSA) is 64.3 Å². The van der Waals surface area contributed by atoms with Gasteiger partial charge < -0.3 is 15.8 Å². The van der Waals surface area contributed by atoms with Gasteiger partial charge in [0.2, 0.25) is 5.91 Å². The average molecular weight is 283 g/mol. The lowest BCUT2D eigenvalue weighted by molar-refractivity contribution is -0.126. The Bertz CT molecular complexity index is 471. The number of hydrogen-bond donors (Lipinski definition) is 2. The van der Waals surface area contributed by atoms with Crippen molar-refractivity contribution in [2.24, 2.45) is 5.73 Å². The van der Waals surface area contributed by atoms with Gasteiger partial charge in [-0.15, -0.1) is 0 Å². The summed E-state index contributed by atoms with van der Waals surface area (Å²) in [5, 5.41) is 3.42. The standard InChI is InChI=1S/C14H19ClN2O2/c1-19-12-5-4-10(8-11(12)15)9-17-13(18)14(16)6-2-3-7-14/h4-5,8H,2-3,6-7,9,16H2,1H3,(H,17,18). The van der Waals surface area contributed by atoms with Gasteiger partial charge in [0, 0.05) is 6.54 Å². The van der Waals surface area contributed by atoms with E-state index < -0.39 is 5.54 Å². The molecule has 0 radical (unpaired) electrons. The lowest BCUT2D eigenvalue weighted by atomic mass is 9.98. The number of halogens is 1. The number of carbonyl (C=O) groups excluding carboxylic acids is 1. The predicted molar refractivity (Wildman–Crippen MR) is 75.2 cm³/mol. The van der Waals surface area contributed by atoms with E-state index in [1.807, 2.05) is 6.07 Å². The molecule has 0 atom stereocenters. The highest BCUT2D eigenvalue weighted by atomic mass is 35.5. The van der Waals surface area contributed by atoms with Crippen molar-refractivity contribution < 1.29 is 9.53 Å². The lowest BCUT2D eigenvalue weighted by Crippen LogP contribution is -2.51. The summed E-state index contributed by atoms with van der Waals surface area (Å²) in [6.45, 7) is 0.432. The van der Waals surface area contributed by atoms with Gasteiger partial charge in [0.25, 0.3) is 0 Å². The minimum absolute atomic E-state index is 0.0723. The molecule has 1 aliphatic rings. The highest BCUT2D eigenvalue weighted by Gasteiger charge is 2.36. The minimum Gasteiger partial charge on any atom is -0.495 e. The van der Waals surface area contributed by atoms with Crippen molar-refractivity contribution in [1.82, 2.24) is 5.32 Å². The Morgan fingerprint density at radius 3 is 2.74 bits per heavy atom. The molecule has 3 N–H and O–H groups in total. The Morgan fingerprint density at radius 1 is 1.47 bits per heavy atom. The fourth-order valence-electron chi connectivity index (χ4n) is 2.41. The normalized spacial score (nSPS) is 17.2. The van der Waals surface area contributed by atoms with Gasteiger partial charge in [0.05, 0.1) is 17.7 Å². The minimum atomic E-state index is -0.684. The van der Waals surface area contributed by atoms with Gasteiger partial charge in [0.15, 0.2) is 0 Å². The molecule has 0 saturated heterocycles. The first kappa shape index (κ1) is 14.2. The van der Waals surface area contributed by atoms with E-state index >= 15 is 0 Å². The molecular weight excluding hydrogens is 264 g/mol. The Morgan fingerprint density at radius 2 is 2.16 bits per heavy atom. The maximum Gasteiger partial charge on any atom is 0.240 e. The van der Waals surface area contributed by atoms with Crippen molar-refractivity contribution in [3.05, 3.63) is 28.8 Å². The van der Waals surface area contributed by atoms with Gasteiger partial charge in [-0.05, 0) is 30.5 Å². The van der Waals surface area contributed by atoms with Gasteiger partial charge in [-0.25, -0.2) is 0 Å². The van der Waals surface area contributed by atoms with Crippen LogP contribution in [0.15, 0.2) is 18.2 Å². The third-order valence-electron chi connectivity index (χ3n) is 3.62. The number of nitrogens with one attached hydrogen (secondary N) is 1. The maximum atomic E-state index is 12.1. The molecule has 4 nitrogen and oxygen atoms in total. The first-order chi connectivity index (χ1) is 9.05. The molecular formula is C14H19ClN2O2. The number of hydrogen-bond acceptors (Lipinski definition) is 3. The molecule has 1 aliphatic carbocycles. The number of amides is 1. The summed E-state index contributed by atoms with van der Waals surface area (Å²) >= 11 is 6.04. The summed E-state index contributed by atoms with van der Waals surface area (Å²) in [5.74, 6) is 0.555. The second-order valence-electron chi connectivity index (χ2n) is 5.01. The first-order valence-corrected chi connectivity index (χ1v) is 6.82. The van der Waals surface area contributed by atoms with E-state index in [0.29, 0.717) is 17.3 Å². The smallest absolute Gasteiger partial charge is 0.240 e. The van der Waals surface area contributed by atoms with E-state index in [9.17, 15) is 4.79 Å². The van der Waals surface area contributed by atoms with Crippen LogP contribution in [0.5, 0.6) is 5.75 Å². The number of benzene rings is 1. The molecule has 0 aromatic heterocycles. The Balaban J connectivity index is 1.95. The summed E-state index contributed by atoms with van der Waals surface area (Å²) < 4.78 is 5.08. The summed E-state index contributed by atoms with van der Waals surface area (Å²) in [5.41, 5.74) is 6.33. The van der Waals surface area contributed by atoms with E-state index in [1.54, 1.807) is 19.2 Å². The third-order valence-corrected chi connectivity index (χ3v) is 3.91. The fraction of sp³-hybridized carbons (Fsp3) is 0.500. The second kappa shape index (κ2) is 5.80. The average Bonchev–Trinajstić information content (AvgIpc) is 2.84. The summed E-state index contributed by atoms with van der Waals surface area (Å²) in [7, 11) is 1.57. The summed E-state index contributed by atoms with van der Waals surface area (Å²) in [4.78, 5) is 12.1. The van der Waals surface area contributed by atoms with Gasteiger partial charge in [-0.1, -0.05) is 30.5 Å². The quantitative estimate of drug-likeness (QED) is 0.890. The van der Waals surface area contributed by atoms with Gasteiger partial charge in [0.1, 0.15) is 5.75 Å². The van der Waals surface area contributed by atoms with Crippen LogP contribution in [0, 0.1) is 0 Å². The summed E-state index contributed by atoms with van der Waals surface area (Å²) in [6.07, 6.45) is 3.58. The van der Waals surface area contributed by atoms with Crippen LogP contribution in [0.3, 0.4) is 0 Å². The largest absolute Gasteiger partial charge is 0.495 e. The van der Waals surface area contributed by atoms with Crippen molar-refractivity contribution in [2.45, 2.75) is 37.8 Å². The van der Waals surface area contributed by atoms with E-state index in [4.69, 9.17) is 22.1 Å². The number of methoxy groups -OCH3 is 1. The molecule has 0 unspecified atom stereocenters. The molecule has 1 saturated carbocycles. The number of rotatable bonds is 4. The Kier molecular flexibility index (Phi) is 4.32. The maximum absolute atomic E-state index is 12.1. The number of ether oxygens (including phenoxy) is 1. The number of carbonyl (C=O) groups is 1. The zero-order chi connectivity index (χ0) is 13.9. The van der Waals surface area contributed by atoms with Crippen molar-refractivity contribution in [2.75, 3.05) is 7.11 Å². The Hall–Kier alpha value is -1.26. The highest BCUT2D eigenvalue weighted by molar-refractivity contribution is 6.32. The monoisotopic (exact) mass is 282 g/mol. The summed E-state index contributed by atoms with van der Waals surface area (Å²) in [6, 6.07) is 5.46. The van der Waals surface area contributed by atoms with Crippen molar-refractivity contribution in [1.29, 1.82) is 0 Å². The van der Waals surface area contributed by atoms with Crippen molar-refractivity contribution in [3.63, 3.8) is 0 Å². The predicted octanol–water partition coefficient (Wildman–Crippen LogP) is 2.24. The van der Waals surface area contributed by atoms with Crippen LogP contribution in [-0.2, 0) is 11.3 Å².